The molecular weight excluding hydrogens is 957 g/mol. The van der Waals surface area contributed by atoms with E-state index in [-0.39, 0.29) is 37.1 Å². The molecule has 6 heterocycles. The Balaban J connectivity index is 0. The second-order valence-corrected chi connectivity index (χ2v) is 18.3. The molecule has 0 spiro atoms. The summed E-state index contributed by atoms with van der Waals surface area (Å²) in [5, 5.41) is 2.75. The Morgan fingerprint density at radius 3 is 0.931 bits per heavy atom. The second-order valence-electron chi connectivity index (χ2n) is 18.3. The molecule has 6 aromatic heterocycles. The normalized spacial score (nSPS) is 10.3. The van der Waals surface area contributed by atoms with Crippen molar-refractivity contribution in [3.63, 3.8) is 0 Å². The van der Waals surface area contributed by atoms with Crippen molar-refractivity contribution in [1.82, 2.24) is 27.5 Å². The monoisotopic (exact) mass is 1050 g/mol. The molecule has 72 heavy (non-hydrogen) atoms. The molecule has 2 aromatic carbocycles. The van der Waals surface area contributed by atoms with Crippen molar-refractivity contribution in [2.24, 2.45) is 49.3 Å². The van der Waals surface area contributed by atoms with Crippen LogP contribution < -0.4 is 4.68 Å². The third-order valence-electron chi connectivity index (χ3n) is 13.8. The summed E-state index contributed by atoms with van der Waals surface area (Å²) in [5.41, 5.74) is 21.3. The second kappa shape index (κ2) is 33.4. The molecule has 8 rings (SSSR count). The van der Waals surface area contributed by atoms with Crippen molar-refractivity contribution in [2.45, 2.75) is 118 Å². The summed E-state index contributed by atoms with van der Waals surface area (Å²) in [5.74, 6) is 0. The van der Waals surface area contributed by atoms with Gasteiger partial charge in [0.2, 0.25) is 0 Å². The number of hydrogen-bond donors (Lipinski definition) is 0. The molecule has 9 heteroatoms. The van der Waals surface area contributed by atoms with E-state index in [2.05, 4.69) is 242 Å². The Morgan fingerprint density at radius 2 is 0.778 bits per heavy atom. The number of nitrogens with zero attached hydrogens (tertiary/aromatic N) is 7. The van der Waals surface area contributed by atoms with Crippen LogP contribution in [-0.4, -0.2) is 27.5 Å². The molecule has 0 N–H and O–H groups in total. The fourth-order valence-electron chi connectivity index (χ4n) is 6.70. The van der Waals surface area contributed by atoms with Crippen LogP contribution in [0.2, 0.25) is 0 Å². The minimum atomic E-state index is 0. The number of rotatable bonds is 2. The predicted molar refractivity (Wildman–Crippen MR) is 304 cm³/mol. The van der Waals surface area contributed by atoms with Crippen LogP contribution in [0.3, 0.4) is 0 Å². The summed E-state index contributed by atoms with van der Waals surface area (Å²) in [6, 6.07) is 27.6. The van der Waals surface area contributed by atoms with Crippen LogP contribution >= 0.6 is 0 Å². The van der Waals surface area contributed by atoms with Crippen LogP contribution in [0.1, 0.15) is 104 Å². The van der Waals surface area contributed by atoms with Gasteiger partial charge in [0.25, 0.3) is 0 Å². The van der Waals surface area contributed by atoms with E-state index in [4.69, 9.17) is 13.2 Å². The molecule has 386 valence electrons. The van der Waals surface area contributed by atoms with E-state index in [9.17, 15) is 0 Å². The number of aryl methyl sites for hydroxylation is 12. The van der Waals surface area contributed by atoms with E-state index >= 15 is 0 Å². The van der Waals surface area contributed by atoms with Gasteiger partial charge in [-0.3, -0.25) is 0 Å². The summed E-state index contributed by atoms with van der Waals surface area (Å²) in [4.78, 5) is 0. The first kappa shape index (κ1) is 68.8. The summed E-state index contributed by atoms with van der Waals surface area (Å²) in [6.45, 7) is 45.5. The topological polar surface area (TPSA) is 33.5 Å². The number of benzene rings is 2. The Hall–Kier alpha value is -5.30. The molecule has 8 aromatic rings. The quantitative estimate of drug-likeness (QED) is 0.0939. The number of para-hydroxylation sites is 2. The number of fused-ring (bicyclic) bond motifs is 2. The maximum atomic E-state index is 5.36. The predicted octanol–water partition coefficient (Wildman–Crippen LogP) is 14.9. The fourth-order valence-corrected chi connectivity index (χ4v) is 6.70. The molecule has 2 radical (unpaired) electrons. The molecule has 0 fully saturated rings. The van der Waals surface area contributed by atoms with Crippen LogP contribution in [0.15, 0.2) is 120 Å². The van der Waals surface area contributed by atoms with Crippen molar-refractivity contribution >= 4 is 21.8 Å². The molecule has 0 atom stereocenters. The molecule has 0 aliphatic carbocycles. The van der Waals surface area contributed by atoms with Crippen molar-refractivity contribution < 1.29 is 41.8 Å². The first-order valence-corrected chi connectivity index (χ1v) is 24.1. The van der Waals surface area contributed by atoms with Crippen LogP contribution in [-0.2, 0) is 86.4 Å². The van der Waals surface area contributed by atoms with Gasteiger partial charge < -0.3 is 70.4 Å². The van der Waals surface area contributed by atoms with Gasteiger partial charge in [0.15, 0.2) is 13.2 Å². The smallest absolute Gasteiger partial charge is 0.391 e. The van der Waals surface area contributed by atoms with Gasteiger partial charge in [-0.2, -0.15) is 4.68 Å². The van der Waals surface area contributed by atoms with E-state index in [0.717, 1.165) is 22.3 Å². The maximum Gasteiger partial charge on any atom is 2.00 e. The molecular formula is C63H90N7V2+. The molecule has 0 aliphatic heterocycles. The summed E-state index contributed by atoms with van der Waals surface area (Å²) >= 11 is 0. The molecule has 7 nitrogen and oxygen atoms in total. The van der Waals surface area contributed by atoms with E-state index < -0.39 is 0 Å². The van der Waals surface area contributed by atoms with Crippen LogP contribution in [0.25, 0.3) is 21.8 Å². The Kier molecular flexibility index (Phi) is 31.9. The third kappa shape index (κ3) is 20.7. The minimum absolute atomic E-state index is 0. The Morgan fingerprint density at radius 1 is 0.444 bits per heavy atom. The van der Waals surface area contributed by atoms with Gasteiger partial charge >= 0.3 is 37.1 Å². The van der Waals surface area contributed by atoms with Crippen molar-refractivity contribution in [2.75, 3.05) is 0 Å². The largest absolute Gasteiger partial charge is 2.00 e. The fraction of sp³-hybridized carbons (Fsp3) is 0.381. The van der Waals surface area contributed by atoms with Crippen LogP contribution in [0.4, 0.5) is 0 Å². The first-order valence-electron chi connectivity index (χ1n) is 24.1. The van der Waals surface area contributed by atoms with E-state index in [1.54, 1.807) is 0 Å². The van der Waals surface area contributed by atoms with Gasteiger partial charge in [0.1, 0.15) is 0 Å². The minimum Gasteiger partial charge on any atom is -0.391 e. The van der Waals surface area contributed by atoms with Gasteiger partial charge in [-0.25, -0.2) is 0 Å². The molecule has 0 saturated heterocycles. The van der Waals surface area contributed by atoms with E-state index in [0.29, 0.717) is 0 Å². The van der Waals surface area contributed by atoms with Crippen LogP contribution in [0, 0.1) is 101 Å². The van der Waals surface area contributed by atoms with Crippen molar-refractivity contribution in [3.8, 4) is 0 Å². The Labute approximate surface area is 462 Å². The number of aromatic nitrogens is 7. The number of hydrogen-bond acceptors (Lipinski definition) is 0. The Bertz CT molecular complexity index is 2520. The van der Waals surface area contributed by atoms with Crippen molar-refractivity contribution in [1.29, 1.82) is 0 Å². The summed E-state index contributed by atoms with van der Waals surface area (Å²) < 4.78 is 15.0. The first-order chi connectivity index (χ1) is 32.7. The molecule has 0 aliphatic rings. The zero-order valence-electron chi connectivity index (χ0n) is 48.9. The van der Waals surface area contributed by atoms with Crippen LogP contribution in [0.5, 0.6) is 0 Å². The van der Waals surface area contributed by atoms with Gasteiger partial charge in [0, 0.05) is 110 Å². The molecule has 0 saturated carbocycles. The molecule has 0 unspecified atom stereocenters. The standard InChI is InChI=1S/2C11H13N.3C7H11N.2C7H10.C6H11N2.2V/c2*1-8-9(2)12(3)11-7-5-4-6-10(8)11;2*1-6-4-5-8(3)7(6)2;1-6-4-5-7(2)8(6)3;2*1-5-7(4)6(2)3;1-6-4-5-7(2)8(6)3;;/h2*4-7H,1-3H3;3*4-5H,1-3H3;2*2H,1,3-4H3;4-5H,1-3H3;;/q;;;;;2*-2;+1;2*+2. The average Bonchev–Trinajstić information content (AvgIpc) is 4.13. The van der Waals surface area contributed by atoms with Crippen molar-refractivity contribution in [3.05, 3.63) is 207 Å². The molecule has 0 amide bonds. The third-order valence-corrected chi connectivity index (χ3v) is 13.8. The molecule has 0 bridgehead atoms. The average molecular weight is 1050 g/mol. The SMILES string of the molecule is Cc1c(C)n(C)c2ccccc12.Cc1c(C)n(C)c2ccccc12.Cc1cc[n+](C)n1C.Cc1ccc(C)n1C.Cc1ccn(C)c1C.Cc1ccn(C)c1C.[CH-]=C(C)C(C)=[C-]C.[CH-]=C(C)C(C)=[C-]C.[V+2].[V+2]. The van der Waals surface area contributed by atoms with Gasteiger partial charge in [-0.15, -0.1) is 46.2 Å². The van der Waals surface area contributed by atoms with Gasteiger partial charge in [0.05, 0.1) is 12.7 Å². The zero-order valence-corrected chi connectivity index (χ0v) is 51.7. The number of allylic oxidation sites excluding steroid dienone is 6. The van der Waals surface area contributed by atoms with E-state index in [1.807, 2.05) is 66.5 Å². The maximum absolute atomic E-state index is 5.36. The van der Waals surface area contributed by atoms with E-state index in [1.165, 1.54) is 83.9 Å². The van der Waals surface area contributed by atoms with Gasteiger partial charge in [-0.05, 0) is 135 Å². The summed E-state index contributed by atoms with van der Waals surface area (Å²) in [6.07, 6.45) is 12.0. The van der Waals surface area contributed by atoms with Gasteiger partial charge in [-0.1, -0.05) is 36.4 Å². The summed E-state index contributed by atoms with van der Waals surface area (Å²) in [7, 11) is 14.5. The zero-order chi connectivity index (χ0) is 53.7.